The molecule has 4 nitrogen and oxygen atoms in total. The molecule has 5 heteroatoms. The smallest absolute Gasteiger partial charge is 0.269 e. The molecule has 0 unspecified atom stereocenters. The van der Waals surface area contributed by atoms with Crippen LogP contribution in [0.5, 0.6) is 0 Å². The molecule has 0 saturated heterocycles. The molecule has 0 atom stereocenters. The molecule has 0 radical (unpaired) electrons. The van der Waals surface area contributed by atoms with Crippen LogP contribution in [-0.2, 0) is 4.79 Å². The lowest BCUT2D eigenvalue weighted by molar-refractivity contribution is -0.126. The van der Waals surface area contributed by atoms with E-state index in [-0.39, 0.29) is 17.4 Å². The molecule has 0 bridgehead atoms. The number of carbonyl (C=O) groups is 2. The monoisotopic (exact) mass is 264 g/mol. The highest BCUT2D eigenvalue weighted by Crippen LogP contribution is 2.23. The van der Waals surface area contributed by atoms with Gasteiger partial charge in [-0.3, -0.25) is 20.4 Å². The van der Waals surface area contributed by atoms with Crippen molar-refractivity contribution in [3.05, 3.63) is 35.6 Å². The molecule has 1 saturated carbocycles. The summed E-state index contributed by atoms with van der Waals surface area (Å²) in [5, 5.41) is 0. The second-order valence-electron chi connectivity index (χ2n) is 4.79. The summed E-state index contributed by atoms with van der Waals surface area (Å²) in [4.78, 5) is 23.5. The highest BCUT2D eigenvalue weighted by Gasteiger charge is 2.21. The van der Waals surface area contributed by atoms with Crippen molar-refractivity contribution < 1.29 is 14.0 Å². The first-order valence-electron chi connectivity index (χ1n) is 6.52. The van der Waals surface area contributed by atoms with Crippen LogP contribution in [0.15, 0.2) is 24.3 Å². The standard InChI is InChI=1S/C14H17FN2O2/c15-12-8-4-7-11(9-12)14(19)17-16-13(18)10-5-2-1-3-6-10/h4,7-10H,1-3,5-6H2,(H,16,18)(H,17,19). The van der Waals surface area contributed by atoms with E-state index >= 15 is 0 Å². The second kappa shape index (κ2) is 6.31. The Hall–Kier alpha value is -1.91. The average molecular weight is 264 g/mol. The van der Waals surface area contributed by atoms with Crippen molar-refractivity contribution in [2.75, 3.05) is 0 Å². The van der Waals surface area contributed by atoms with Crippen molar-refractivity contribution in [2.24, 2.45) is 5.92 Å². The SMILES string of the molecule is O=C(NNC(=O)C1CCCCC1)c1cccc(F)c1. The lowest BCUT2D eigenvalue weighted by Crippen LogP contribution is -2.44. The Balaban J connectivity index is 1.84. The summed E-state index contributed by atoms with van der Waals surface area (Å²) < 4.78 is 12.9. The predicted octanol–water partition coefficient (Wildman–Crippen LogP) is 2.17. The second-order valence-corrected chi connectivity index (χ2v) is 4.79. The van der Waals surface area contributed by atoms with E-state index in [1.54, 1.807) is 0 Å². The quantitative estimate of drug-likeness (QED) is 0.804. The Labute approximate surface area is 111 Å². The summed E-state index contributed by atoms with van der Waals surface area (Å²) in [5.74, 6) is -1.18. The minimum absolute atomic E-state index is 0.0263. The molecule has 2 rings (SSSR count). The highest BCUT2D eigenvalue weighted by molar-refractivity contribution is 5.95. The van der Waals surface area contributed by atoms with Crippen molar-refractivity contribution in [3.8, 4) is 0 Å². The predicted molar refractivity (Wildman–Crippen MR) is 68.6 cm³/mol. The maximum absolute atomic E-state index is 12.9. The van der Waals surface area contributed by atoms with Crippen molar-refractivity contribution in [2.45, 2.75) is 32.1 Å². The van der Waals surface area contributed by atoms with Gasteiger partial charge >= 0.3 is 0 Å². The summed E-state index contributed by atoms with van der Waals surface area (Å²) in [6.07, 6.45) is 4.99. The molecular weight excluding hydrogens is 247 g/mol. The first-order valence-corrected chi connectivity index (χ1v) is 6.52. The van der Waals surface area contributed by atoms with E-state index in [0.717, 1.165) is 31.7 Å². The van der Waals surface area contributed by atoms with Crippen LogP contribution in [0.25, 0.3) is 0 Å². The number of nitrogens with one attached hydrogen (secondary N) is 2. The fraction of sp³-hybridized carbons (Fsp3) is 0.429. The zero-order valence-electron chi connectivity index (χ0n) is 10.6. The average Bonchev–Trinajstić information content (AvgIpc) is 2.45. The molecule has 0 spiro atoms. The molecule has 1 aliphatic rings. The van der Waals surface area contributed by atoms with E-state index in [2.05, 4.69) is 10.9 Å². The van der Waals surface area contributed by atoms with Crippen LogP contribution in [0.4, 0.5) is 4.39 Å². The van der Waals surface area contributed by atoms with Crippen molar-refractivity contribution >= 4 is 11.8 Å². The van der Waals surface area contributed by atoms with Gasteiger partial charge in [0.1, 0.15) is 5.82 Å². The third-order valence-corrected chi connectivity index (χ3v) is 3.36. The number of amides is 2. The summed E-state index contributed by atoms with van der Waals surface area (Å²) in [6, 6.07) is 5.33. The van der Waals surface area contributed by atoms with Gasteiger partial charge in [-0.25, -0.2) is 4.39 Å². The maximum Gasteiger partial charge on any atom is 0.269 e. The lowest BCUT2D eigenvalue weighted by Gasteiger charge is -2.20. The molecule has 102 valence electrons. The Kier molecular flexibility index (Phi) is 4.49. The minimum atomic E-state index is -0.511. The van der Waals surface area contributed by atoms with E-state index < -0.39 is 11.7 Å². The van der Waals surface area contributed by atoms with Gasteiger partial charge in [0.2, 0.25) is 5.91 Å². The van der Waals surface area contributed by atoms with Crippen molar-refractivity contribution in [3.63, 3.8) is 0 Å². The van der Waals surface area contributed by atoms with Crippen molar-refractivity contribution in [1.82, 2.24) is 10.9 Å². The molecule has 1 aromatic carbocycles. The fourth-order valence-corrected chi connectivity index (χ4v) is 2.29. The number of hydrogen-bond donors (Lipinski definition) is 2. The minimum Gasteiger partial charge on any atom is -0.273 e. The topological polar surface area (TPSA) is 58.2 Å². The Morgan fingerprint density at radius 1 is 1.11 bits per heavy atom. The molecule has 2 amide bonds. The third kappa shape index (κ3) is 3.77. The number of hydrogen-bond acceptors (Lipinski definition) is 2. The summed E-state index contributed by atoms with van der Waals surface area (Å²) in [7, 11) is 0. The van der Waals surface area contributed by atoms with Crippen LogP contribution >= 0.6 is 0 Å². The van der Waals surface area contributed by atoms with E-state index in [1.165, 1.54) is 24.6 Å². The van der Waals surface area contributed by atoms with Gasteiger partial charge in [0.25, 0.3) is 5.91 Å². The molecule has 1 aliphatic carbocycles. The van der Waals surface area contributed by atoms with Crippen LogP contribution in [0.1, 0.15) is 42.5 Å². The van der Waals surface area contributed by atoms with Gasteiger partial charge in [-0.1, -0.05) is 25.3 Å². The lowest BCUT2D eigenvalue weighted by atomic mass is 9.89. The van der Waals surface area contributed by atoms with Gasteiger partial charge < -0.3 is 0 Å². The summed E-state index contributed by atoms with van der Waals surface area (Å²) in [6.45, 7) is 0. The van der Waals surface area contributed by atoms with Crippen LogP contribution < -0.4 is 10.9 Å². The molecule has 0 aliphatic heterocycles. The third-order valence-electron chi connectivity index (χ3n) is 3.36. The highest BCUT2D eigenvalue weighted by atomic mass is 19.1. The number of benzene rings is 1. The van der Waals surface area contributed by atoms with Gasteiger partial charge in [-0.2, -0.15) is 0 Å². The van der Waals surface area contributed by atoms with Gasteiger partial charge in [0, 0.05) is 11.5 Å². The zero-order valence-corrected chi connectivity index (χ0v) is 10.6. The molecular formula is C14H17FN2O2. The number of carbonyl (C=O) groups excluding carboxylic acids is 2. The Morgan fingerprint density at radius 3 is 2.53 bits per heavy atom. The van der Waals surface area contributed by atoms with E-state index in [4.69, 9.17) is 0 Å². The van der Waals surface area contributed by atoms with E-state index in [1.807, 2.05) is 0 Å². The van der Waals surface area contributed by atoms with Gasteiger partial charge in [0.05, 0.1) is 0 Å². The van der Waals surface area contributed by atoms with Gasteiger partial charge in [0.15, 0.2) is 0 Å². The summed E-state index contributed by atoms with van der Waals surface area (Å²) >= 11 is 0. The maximum atomic E-state index is 12.9. The first-order chi connectivity index (χ1) is 9.16. The van der Waals surface area contributed by atoms with Gasteiger partial charge in [-0.05, 0) is 31.0 Å². The molecule has 0 aromatic heterocycles. The van der Waals surface area contributed by atoms with Crippen LogP contribution in [-0.4, -0.2) is 11.8 Å². The molecule has 1 fully saturated rings. The van der Waals surface area contributed by atoms with E-state index in [0.29, 0.717) is 0 Å². The molecule has 0 heterocycles. The number of halogens is 1. The Morgan fingerprint density at radius 2 is 1.84 bits per heavy atom. The van der Waals surface area contributed by atoms with Crippen LogP contribution in [0.3, 0.4) is 0 Å². The fourth-order valence-electron chi connectivity index (χ4n) is 2.29. The van der Waals surface area contributed by atoms with E-state index in [9.17, 15) is 14.0 Å². The molecule has 1 aromatic rings. The number of rotatable bonds is 2. The molecule has 2 N–H and O–H groups in total. The van der Waals surface area contributed by atoms with Gasteiger partial charge in [-0.15, -0.1) is 0 Å². The van der Waals surface area contributed by atoms with Crippen LogP contribution in [0.2, 0.25) is 0 Å². The van der Waals surface area contributed by atoms with Crippen LogP contribution in [0, 0.1) is 11.7 Å². The molecule has 19 heavy (non-hydrogen) atoms. The number of hydrazine groups is 1. The zero-order chi connectivity index (χ0) is 13.7. The Bertz CT molecular complexity index is 470. The first kappa shape index (κ1) is 13.5. The summed E-state index contributed by atoms with van der Waals surface area (Å²) in [5.41, 5.74) is 4.91. The van der Waals surface area contributed by atoms with Crippen molar-refractivity contribution in [1.29, 1.82) is 0 Å². The largest absolute Gasteiger partial charge is 0.273 e. The normalized spacial score (nSPS) is 15.8.